The van der Waals surface area contributed by atoms with Gasteiger partial charge in [-0.3, -0.25) is 9.36 Å². The van der Waals surface area contributed by atoms with Crippen molar-refractivity contribution in [1.82, 2.24) is 9.55 Å². The number of fused-ring (bicyclic) bond motifs is 1. The zero-order valence-electron chi connectivity index (χ0n) is 14.2. The van der Waals surface area contributed by atoms with Gasteiger partial charge in [-0.1, -0.05) is 60.6 Å². The number of benzene rings is 2. The van der Waals surface area contributed by atoms with Crippen LogP contribution < -0.4 is 5.56 Å². The van der Waals surface area contributed by atoms with Gasteiger partial charge in [-0.2, -0.15) is 0 Å². The van der Waals surface area contributed by atoms with E-state index in [9.17, 15) is 4.79 Å². The van der Waals surface area contributed by atoms with E-state index in [2.05, 4.69) is 6.92 Å². The monoisotopic (exact) mass is 400 g/mol. The van der Waals surface area contributed by atoms with E-state index in [-0.39, 0.29) is 5.56 Å². The van der Waals surface area contributed by atoms with Crippen LogP contribution in [0, 0.1) is 0 Å². The molecule has 1 aliphatic rings. The lowest BCUT2D eigenvalue weighted by atomic mass is 10.2. The van der Waals surface area contributed by atoms with Gasteiger partial charge in [0.05, 0.1) is 16.3 Å². The molecule has 26 heavy (non-hydrogen) atoms. The molecule has 0 bridgehead atoms. The molecular formula is C20H17ClN2OS2. The Labute approximate surface area is 165 Å². The van der Waals surface area contributed by atoms with Gasteiger partial charge in [0.2, 0.25) is 0 Å². The van der Waals surface area contributed by atoms with Gasteiger partial charge in [0.15, 0.2) is 5.16 Å². The summed E-state index contributed by atoms with van der Waals surface area (Å²) in [6.07, 6.45) is 0.843. The van der Waals surface area contributed by atoms with Crippen molar-refractivity contribution in [3.63, 3.8) is 0 Å². The highest BCUT2D eigenvalue weighted by Gasteiger charge is 2.26. The normalized spacial score (nSPS) is 15.8. The van der Waals surface area contributed by atoms with E-state index in [0.717, 1.165) is 38.4 Å². The van der Waals surface area contributed by atoms with Crippen molar-refractivity contribution in [1.29, 1.82) is 0 Å². The molecule has 1 aliphatic heterocycles. The maximum Gasteiger partial charge on any atom is 0.272 e. The summed E-state index contributed by atoms with van der Waals surface area (Å²) >= 11 is 9.29. The quantitative estimate of drug-likeness (QED) is 0.444. The molecule has 0 radical (unpaired) electrons. The van der Waals surface area contributed by atoms with Crippen LogP contribution >= 0.6 is 35.1 Å². The van der Waals surface area contributed by atoms with Gasteiger partial charge in [0.25, 0.3) is 5.56 Å². The van der Waals surface area contributed by atoms with E-state index >= 15 is 0 Å². The van der Waals surface area contributed by atoms with Gasteiger partial charge in [-0.15, -0.1) is 11.8 Å². The average Bonchev–Trinajstić information content (AvgIpc) is 3.01. The van der Waals surface area contributed by atoms with Crippen molar-refractivity contribution >= 4 is 35.1 Å². The first-order valence-electron chi connectivity index (χ1n) is 8.37. The van der Waals surface area contributed by atoms with Gasteiger partial charge in [-0.25, -0.2) is 4.98 Å². The molecule has 0 fully saturated rings. The first kappa shape index (κ1) is 17.7. The van der Waals surface area contributed by atoms with Crippen molar-refractivity contribution in [2.45, 2.75) is 34.4 Å². The molecule has 1 unspecified atom stereocenters. The summed E-state index contributed by atoms with van der Waals surface area (Å²) in [6.45, 7) is 2.14. The summed E-state index contributed by atoms with van der Waals surface area (Å²) in [5, 5.41) is 1.84. The molecule has 0 amide bonds. The number of aromatic nitrogens is 2. The van der Waals surface area contributed by atoms with Crippen molar-refractivity contribution in [2.75, 3.05) is 0 Å². The highest BCUT2D eigenvalue weighted by molar-refractivity contribution is 8.00. The fraction of sp³-hybridized carbons (Fsp3) is 0.200. The van der Waals surface area contributed by atoms with E-state index in [4.69, 9.17) is 16.6 Å². The number of para-hydroxylation sites is 1. The number of halogens is 1. The minimum atomic E-state index is 0.0316. The predicted molar refractivity (Wildman–Crippen MR) is 110 cm³/mol. The Bertz CT molecular complexity index is 1000. The summed E-state index contributed by atoms with van der Waals surface area (Å²) in [7, 11) is 0. The smallest absolute Gasteiger partial charge is 0.268 e. The van der Waals surface area contributed by atoms with Gasteiger partial charge >= 0.3 is 0 Å². The Morgan fingerprint density at radius 1 is 1.23 bits per heavy atom. The van der Waals surface area contributed by atoms with Crippen LogP contribution in [-0.2, 0) is 12.2 Å². The second kappa shape index (κ2) is 7.51. The zero-order chi connectivity index (χ0) is 18.1. The second-order valence-corrected chi connectivity index (χ2v) is 9.03. The maximum absolute atomic E-state index is 13.2. The third-order valence-electron chi connectivity index (χ3n) is 4.15. The first-order chi connectivity index (χ1) is 12.6. The fourth-order valence-corrected chi connectivity index (χ4v) is 5.26. The Balaban J connectivity index is 1.76. The lowest BCUT2D eigenvalue weighted by molar-refractivity contribution is 0.731. The second-order valence-electron chi connectivity index (χ2n) is 6.20. The summed E-state index contributed by atoms with van der Waals surface area (Å²) in [6, 6.07) is 17.5. The first-order valence-corrected chi connectivity index (χ1v) is 10.6. The summed E-state index contributed by atoms with van der Waals surface area (Å²) in [5.74, 6) is 0.710. The lowest BCUT2D eigenvalue weighted by Gasteiger charge is -2.13. The van der Waals surface area contributed by atoms with E-state index in [1.165, 1.54) is 0 Å². The molecule has 1 atom stereocenters. The van der Waals surface area contributed by atoms with Crippen LogP contribution in [0.4, 0.5) is 0 Å². The van der Waals surface area contributed by atoms with Gasteiger partial charge in [0, 0.05) is 22.4 Å². The molecule has 4 rings (SSSR count). The largest absolute Gasteiger partial charge is 0.272 e. The van der Waals surface area contributed by atoms with Crippen LogP contribution in [0.15, 0.2) is 69.4 Å². The SMILES string of the molecule is CC1Cc2nc(SCc3cccc(Cl)c3)n(-c3ccccc3)c(=O)c2S1. The van der Waals surface area contributed by atoms with Crippen LogP contribution in [0.1, 0.15) is 18.2 Å². The Hall–Kier alpha value is -1.69. The minimum Gasteiger partial charge on any atom is -0.268 e. The highest BCUT2D eigenvalue weighted by Crippen LogP contribution is 2.35. The Morgan fingerprint density at radius 3 is 2.81 bits per heavy atom. The fourth-order valence-electron chi connectivity index (χ4n) is 2.98. The molecule has 0 saturated carbocycles. The molecule has 2 aromatic carbocycles. The number of hydrogen-bond donors (Lipinski definition) is 0. The Kier molecular flexibility index (Phi) is 5.11. The van der Waals surface area contributed by atoms with E-state index < -0.39 is 0 Å². The molecule has 0 N–H and O–H groups in total. The molecule has 2 heterocycles. The van der Waals surface area contributed by atoms with Crippen LogP contribution in [-0.4, -0.2) is 14.8 Å². The minimum absolute atomic E-state index is 0.0316. The van der Waals surface area contributed by atoms with Crippen LogP contribution in [0.2, 0.25) is 5.02 Å². The number of rotatable bonds is 4. The highest BCUT2D eigenvalue weighted by atomic mass is 35.5. The van der Waals surface area contributed by atoms with E-state index in [1.54, 1.807) is 28.1 Å². The molecule has 0 aliphatic carbocycles. The maximum atomic E-state index is 13.2. The third-order valence-corrected chi connectivity index (χ3v) is 6.61. The zero-order valence-corrected chi connectivity index (χ0v) is 16.6. The molecule has 0 spiro atoms. The van der Waals surface area contributed by atoms with Crippen molar-refractivity contribution < 1.29 is 0 Å². The van der Waals surface area contributed by atoms with Gasteiger partial charge in [-0.05, 0) is 29.8 Å². The number of nitrogens with zero attached hydrogens (tertiary/aromatic N) is 2. The Morgan fingerprint density at radius 2 is 2.04 bits per heavy atom. The third kappa shape index (κ3) is 3.56. The number of hydrogen-bond acceptors (Lipinski definition) is 4. The number of thioether (sulfide) groups is 2. The molecule has 1 aromatic heterocycles. The summed E-state index contributed by atoms with van der Waals surface area (Å²) < 4.78 is 1.74. The predicted octanol–water partition coefficient (Wildman–Crippen LogP) is 5.21. The standard InChI is InChI=1S/C20H17ClN2OS2/c1-13-10-17-18(26-13)19(24)23(16-8-3-2-4-9-16)20(22-17)25-12-14-6-5-7-15(21)11-14/h2-9,11,13H,10,12H2,1H3. The van der Waals surface area contributed by atoms with Crippen LogP contribution in [0.3, 0.4) is 0 Å². The average molecular weight is 401 g/mol. The van der Waals surface area contributed by atoms with Crippen molar-refractivity contribution in [2.24, 2.45) is 0 Å². The molecule has 3 nitrogen and oxygen atoms in total. The van der Waals surface area contributed by atoms with E-state index in [1.807, 2.05) is 54.6 Å². The van der Waals surface area contributed by atoms with Crippen LogP contribution in [0.5, 0.6) is 0 Å². The van der Waals surface area contributed by atoms with Crippen molar-refractivity contribution in [3.05, 3.63) is 81.2 Å². The topological polar surface area (TPSA) is 34.9 Å². The van der Waals surface area contributed by atoms with Crippen LogP contribution in [0.25, 0.3) is 5.69 Å². The molecule has 3 aromatic rings. The molecular weight excluding hydrogens is 384 g/mol. The molecule has 6 heteroatoms. The van der Waals surface area contributed by atoms with Crippen molar-refractivity contribution in [3.8, 4) is 5.69 Å². The lowest BCUT2D eigenvalue weighted by Crippen LogP contribution is -2.23. The summed E-state index contributed by atoms with van der Waals surface area (Å²) in [5.41, 5.74) is 2.92. The summed E-state index contributed by atoms with van der Waals surface area (Å²) in [4.78, 5) is 18.8. The van der Waals surface area contributed by atoms with Gasteiger partial charge < -0.3 is 0 Å². The van der Waals surface area contributed by atoms with E-state index in [0.29, 0.717) is 11.0 Å². The molecule has 0 saturated heterocycles. The van der Waals surface area contributed by atoms with Gasteiger partial charge in [0.1, 0.15) is 0 Å². The molecule has 132 valence electrons.